The van der Waals surface area contributed by atoms with Gasteiger partial charge in [0.15, 0.2) is 0 Å². The van der Waals surface area contributed by atoms with E-state index < -0.39 is 0 Å². The first kappa shape index (κ1) is 13.2. The molecule has 2 aromatic rings. The van der Waals surface area contributed by atoms with Gasteiger partial charge < -0.3 is 10.1 Å². The summed E-state index contributed by atoms with van der Waals surface area (Å²) in [5.41, 5.74) is 1.14. The van der Waals surface area contributed by atoms with Gasteiger partial charge in [0.25, 0.3) is 5.91 Å². The number of nitrogens with zero attached hydrogens (tertiary/aromatic N) is 2. The highest BCUT2D eigenvalue weighted by atomic mass is 19.1. The van der Waals surface area contributed by atoms with Crippen LogP contribution in [-0.2, 0) is 18.0 Å². The third kappa shape index (κ3) is 3.62. The van der Waals surface area contributed by atoms with Gasteiger partial charge in [-0.15, -0.1) is 0 Å². The average molecular weight is 263 g/mol. The molecular weight excluding hydrogens is 249 g/mol. The predicted molar refractivity (Wildman–Crippen MR) is 66.8 cm³/mol. The molecule has 0 unspecified atom stereocenters. The van der Waals surface area contributed by atoms with E-state index in [1.807, 2.05) is 0 Å². The number of ether oxygens (including phenoxy) is 1. The molecule has 0 aliphatic carbocycles. The summed E-state index contributed by atoms with van der Waals surface area (Å²) in [5.74, 6) is -0.576. The average Bonchev–Trinajstić information content (AvgIpc) is 2.87. The van der Waals surface area contributed by atoms with Gasteiger partial charge in [-0.2, -0.15) is 5.10 Å². The second-order valence-electron chi connectivity index (χ2n) is 3.97. The smallest absolute Gasteiger partial charge is 0.272 e. The molecular formula is C13H14FN3O2. The summed E-state index contributed by atoms with van der Waals surface area (Å²) in [5, 5.41) is 6.76. The van der Waals surface area contributed by atoms with Crippen LogP contribution >= 0.6 is 0 Å². The second kappa shape index (κ2) is 6.10. The first-order valence-corrected chi connectivity index (χ1v) is 5.74. The molecule has 6 heteroatoms. The van der Waals surface area contributed by atoms with E-state index in [1.54, 1.807) is 31.5 Å². The highest BCUT2D eigenvalue weighted by molar-refractivity contribution is 5.92. The van der Waals surface area contributed by atoms with Crippen molar-refractivity contribution >= 4 is 5.91 Å². The van der Waals surface area contributed by atoms with Crippen LogP contribution in [0.1, 0.15) is 16.1 Å². The second-order valence-corrected chi connectivity index (χ2v) is 3.97. The van der Waals surface area contributed by atoms with Crippen LogP contribution in [0, 0.1) is 5.82 Å². The van der Waals surface area contributed by atoms with Gasteiger partial charge >= 0.3 is 0 Å². The van der Waals surface area contributed by atoms with Crippen molar-refractivity contribution < 1.29 is 13.9 Å². The van der Waals surface area contributed by atoms with E-state index in [-0.39, 0.29) is 11.7 Å². The molecule has 0 aliphatic heterocycles. The van der Waals surface area contributed by atoms with E-state index in [2.05, 4.69) is 10.4 Å². The number of halogens is 1. The Morgan fingerprint density at radius 1 is 1.37 bits per heavy atom. The maximum Gasteiger partial charge on any atom is 0.272 e. The molecule has 2 rings (SSSR count). The van der Waals surface area contributed by atoms with Gasteiger partial charge in [-0.05, 0) is 23.8 Å². The van der Waals surface area contributed by atoms with Crippen LogP contribution in [0.3, 0.4) is 0 Å². The Kier molecular flexibility index (Phi) is 4.25. The van der Waals surface area contributed by atoms with Gasteiger partial charge in [-0.25, -0.2) is 9.07 Å². The summed E-state index contributed by atoms with van der Waals surface area (Å²) < 4.78 is 19.1. The Bertz CT molecular complexity index is 551. The summed E-state index contributed by atoms with van der Waals surface area (Å²) in [6.45, 7) is 0.626. The minimum absolute atomic E-state index is 0.279. The van der Waals surface area contributed by atoms with Crippen molar-refractivity contribution in [2.24, 2.45) is 0 Å². The largest absolute Gasteiger partial charge is 0.362 e. The van der Waals surface area contributed by atoms with Crippen LogP contribution in [0.25, 0.3) is 0 Å². The molecule has 0 aliphatic rings. The first-order valence-electron chi connectivity index (χ1n) is 5.74. The summed E-state index contributed by atoms with van der Waals surface area (Å²) >= 11 is 0. The lowest BCUT2D eigenvalue weighted by Crippen LogP contribution is -2.23. The summed E-state index contributed by atoms with van der Waals surface area (Å²) in [6, 6.07) is 7.57. The number of hydrogen-bond donors (Lipinski definition) is 1. The molecule has 100 valence electrons. The van der Waals surface area contributed by atoms with E-state index in [1.165, 1.54) is 16.8 Å². The monoisotopic (exact) mass is 263 g/mol. The Balaban J connectivity index is 1.91. The van der Waals surface area contributed by atoms with Crippen LogP contribution in [-0.4, -0.2) is 22.8 Å². The van der Waals surface area contributed by atoms with Crippen molar-refractivity contribution in [3.8, 4) is 0 Å². The molecule has 0 atom stereocenters. The lowest BCUT2D eigenvalue weighted by molar-refractivity contribution is 0.0938. The number of methoxy groups -OCH3 is 1. The number of benzene rings is 1. The number of carbonyl (C=O) groups is 1. The van der Waals surface area contributed by atoms with Gasteiger partial charge in [0.1, 0.15) is 18.2 Å². The van der Waals surface area contributed by atoms with E-state index in [0.29, 0.717) is 19.0 Å². The Labute approximate surface area is 110 Å². The Hall–Kier alpha value is -2.21. The number of hydrogen-bond acceptors (Lipinski definition) is 3. The van der Waals surface area contributed by atoms with Crippen molar-refractivity contribution in [2.75, 3.05) is 7.11 Å². The third-order valence-electron chi connectivity index (χ3n) is 2.50. The molecule has 19 heavy (non-hydrogen) atoms. The zero-order valence-corrected chi connectivity index (χ0v) is 10.5. The molecule has 1 amide bonds. The van der Waals surface area contributed by atoms with Crippen molar-refractivity contribution in [1.82, 2.24) is 15.1 Å². The molecule has 0 bridgehead atoms. The maximum absolute atomic E-state index is 12.7. The van der Waals surface area contributed by atoms with Gasteiger partial charge in [0.2, 0.25) is 0 Å². The fourth-order valence-electron chi connectivity index (χ4n) is 1.56. The van der Waals surface area contributed by atoms with Crippen LogP contribution in [0.15, 0.2) is 36.5 Å². The zero-order valence-electron chi connectivity index (χ0n) is 10.5. The van der Waals surface area contributed by atoms with Gasteiger partial charge in [0.05, 0.1) is 0 Å². The zero-order chi connectivity index (χ0) is 13.7. The van der Waals surface area contributed by atoms with E-state index >= 15 is 0 Å². The number of carbonyl (C=O) groups excluding carboxylic acids is 1. The fraction of sp³-hybridized carbons (Fsp3) is 0.231. The van der Waals surface area contributed by atoms with Crippen LogP contribution in [0.5, 0.6) is 0 Å². The quantitative estimate of drug-likeness (QED) is 0.890. The Morgan fingerprint density at radius 3 is 2.79 bits per heavy atom. The van der Waals surface area contributed by atoms with E-state index in [0.717, 1.165) is 5.56 Å². The number of amides is 1. The first-order chi connectivity index (χ1) is 9.19. The molecule has 0 saturated carbocycles. The standard InChI is InChI=1S/C13H14FN3O2/c1-19-9-17-7-6-12(16-17)13(18)15-8-10-2-4-11(14)5-3-10/h2-7H,8-9H2,1H3,(H,15,18). The SMILES string of the molecule is COCn1ccc(C(=O)NCc2ccc(F)cc2)n1. The predicted octanol–water partition coefficient (Wildman–Crippen LogP) is 1.56. The van der Waals surface area contributed by atoms with E-state index in [9.17, 15) is 9.18 Å². The summed E-state index contributed by atoms with van der Waals surface area (Å²) in [7, 11) is 1.55. The van der Waals surface area contributed by atoms with Crippen LogP contribution in [0.2, 0.25) is 0 Å². The van der Waals surface area contributed by atoms with Gasteiger partial charge in [-0.1, -0.05) is 12.1 Å². The molecule has 1 heterocycles. The molecule has 0 fully saturated rings. The number of nitrogens with one attached hydrogen (secondary N) is 1. The highest BCUT2D eigenvalue weighted by Gasteiger charge is 2.08. The Morgan fingerprint density at radius 2 is 2.11 bits per heavy atom. The minimum atomic E-state index is -0.298. The van der Waals surface area contributed by atoms with Gasteiger partial charge in [-0.3, -0.25) is 4.79 Å². The summed E-state index contributed by atoms with van der Waals surface area (Å²) in [6.07, 6.45) is 1.66. The van der Waals surface area contributed by atoms with Crippen molar-refractivity contribution in [1.29, 1.82) is 0 Å². The molecule has 0 spiro atoms. The number of aromatic nitrogens is 2. The lowest BCUT2D eigenvalue weighted by Gasteiger charge is -2.03. The highest BCUT2D eigenvalue weighted by Crippen LogP contribution is 2.03. The number of rotatable bonds is 5. The minimum Gasteiger partial charge on any atom is -0.362 e. The van der Waals surface area contributed by atoms with Crippen LogP contribution < -0.4 is 5.32 Å². The molecule has 5 nitrogen and oxygen atoms in total. The van der Waals surface area contributed by atoms with Crippen LogP contribution in [0.4, 0.5) is 4.39 Å². The molecule has 1 N–H and O–H groups in total. The lowest BCUT2D eigenvalue weighted by atomic mass is 10.2. The van der Waals surface area contributed by atoms with Crippen molar-refractivity contribution in [3.05, 3.63) is 53.6 Å². The topological polar surface area (TPSA) is 56.1 Å². The molecule has 0 saturated heterocycles. The summed E-state index contributed by atoms with van der Waals surface area (Å²) in [4.78, 5) is 11.8. The molecule has 0 radical (unpaired) electrons. The van der Waals surface area contributed by atoms with Gasteiger partial charge in [0, 0.05) is 19.9 Å². The van der Waals surface area contributed by atoms with E-state index in [4.69, 9.17) is 4.74 Å². The fourth-order valence-corrected chi connectivity index (χ4v) is 1.56. The maximum atomic E-state index is 12.7. The molecule has 1 aromatic carbocycles. The molecule has 1 aromatic heterocycles. The third-order valence-corrected chi connectivity index (χ3v) is 2.50. The van der Waals surface area contributed by atoms with Crippen molar-refractivity contribution in [2.45, 2.75) is 13.3 Å². The normalized spacial score (nSPS) is 10.4. The van der Waals surface area contributed by atoms with Crippen molar-refractivity contribution in [3.63, 3.8) is 0 Å².